The number of anilines is 1. The molecule has 0 atom stereocenters. The molecule has 2 rings (SSSR count). The number of hydrogen-bond acceptors (Lipinski definition) is 4. The molecule has 2 aromatic rings. The zero-order valence-electron chi connectivity index (χ0n) is 11.7. The number of pyridine rings is 1. The SMILES string of the molecule is CSc1cccc(N(C)S(=O)(=O)Cc2ccc(Cl)nc2)c1. The lowest BCUT2D eigenvalue weighted by Gasteiger charge is -2.20. The number of nitrogens with zero attached hydrogens (tertiary/aromatic N) is 2. The van der Waals surface area contributed by atoms with Crippen LogP contribution in [0.2, 0.25) is 5.15 Å². The van der Waals surface area contributed by atoms with E-state index in [1.807, 2.05) is 24.5 Å². The highest BCUT2D eigenvalue weighted by molar-refractivity contribution is 7.98. The fraction of sp³-hybridized carbons (Fsp3) is 0.214. The second-order valence-corrected chi connectivity index (χ2v) is 7.68. The third-order valence-electron chi connectivity index (χ3n) is 2.97. The van der Waals surface area contributed by atoms with Gasteiger partial charge in [-0.15, -0.1) is 11.8 Å². The van der Waals surface area contributed by atoms with E-state index in [2.05, 4.69) is 4.98 Å². The highest BCUT2D eigenvalue weighted by Crippen LogP contribution is 2.24. The minimum Gasteiger partial charge on any atom is -0.273 e. The van der Waals surface area contributed by atoms with Gasteiger partial charge in [0.15, 0.2) is 0 Å². The molecule has 0 spiro atoms. The van der Waals surface area contributed by atoms with Crippen LogP contribution in [0.5, 0.6) is 0 Å². The molecule has 0 amide bonds. The Balaban J connectivity index is 2.23. The van der Waals surface area contributed by atoms with Crippen LogP contribution >= 0.6 is 23.4 Å². The fourth-order valence-electron chi connectivity index (χ4n) is 1.77. The number of benzene rings is 1. The van der Waals surface area contributed by atoms with Crippen LogP contribution < -0.4 is 4.31 Å². The summed E-state index contributed by atoms with van der Waals surface area (Å²) < 4.78 is 26.2. The zero-order chi connectivity index (χ0) is 15.5. The Morgan fingerprint density at radius 3 is 2.67 bits per heavy atom. The number of rotatable bonds is 5. The van der Waals surface area contributed by atoms with E-state index >= 15 is 0 Å². The van der Waals surface area contributed by atoms with Crippen LogP contribution in [0.4, 0.5) is 5.69 Å². The molecule has 21 heavy (non-hydrogen) atoms. The average molecular weight is 343 g/mol. The molecular weight excluding hydrogens is 328 g/mol. The minimum absolute atomic E-state index is 0.114. The van der Waals surface area contributed by atoms with Gasteiger partial charge in [-0.1, -0.05) is 23.7 Å². The molecule has 0 fully saturated rings. The van der Waals surface area contributed by atoms with Gasteiger partial charge in [0, 0.05) is 18.1 Å². The van der Waals surface area contributed by atoms with E-state index in [4.69, 9.17) is 11.6 Å². The fourth-order valence-corrected chi connectivity index (χ4v) is 3.55. The van der Waals surface area contributed by atoms with Gasteiger partial charge >= 0.3 is 0 Å². The minimum atomic E-state index is -3.46. The van der Waals surface area contributed by atoms with E-state index in [0.717, 1.165) is 4.90 Å². The molecule has 0 aliphatic rings. The summed E-state index contributed by atoms with van der Waals surface area (Å²) in [6, 6.07) is 10.7. The maximum atomic E-state index is 12.4. The Kier molecular flexibility index (Phi) is 5.13. The molecule has 0 bridgehead atoms. The van der Waals surface area contributed by atoms with E-state index in [9.17, 15) is 8.42 Å². The molecule has 0 aliphatic carbocycles. The van der Waals surface area contributed by atoms with Crippen molar-refractivity contribution >= 4 is 39.1 Å². The molecule has 0 unspecified atom stereocenters. The summed E-state index contributed by atoms with van der Waals surface area (Å²) >= 11 is 7.27. The van der Waals surface area contributed by atoms with Crippen molar-refractivity contribution < 1.29 is 8.42 Å². The summed E-state index contributed by atoms with van der Waals surface area (Å²) in [4.78, 5) is 4.92. The summed E-state index contributed by atoms with van der Waals surface area (Å²) in [7, 11) is -1.91. The molecule has 1 aromatic heterocycles. The van der Waals surface area contributed by atoms with Gasteiger partial charge in [-0.2, -0.15) is 0 Å². The average Bonchev–Trinajstić information content (AvgIpc) is 2.48. The van der Waals surface area contributed by atoms with Crippen molar-refractivity contribution in [1.82, 2.24) is 4.98 Å². The van der Waals surface area contributed by atoms with Crippen molar-refractivity contribution in [3.05, 3.63) is 53.3 Å². The lowest BCUT2D eigenvalue weighted by Crippen LogP contribution is -2.27. The second kappa shape index (κ2) is 6.68. The summed E-state index contributed by atoms with van der Waals surface area (Å²) in [5.74, 6) is -0.114. The first-order valence-electron chi connectivity index (χ1n) is 6.13. The molecule has 4 nitrogen and oxygen atoms in total. The first-order valence-corrected chi connectivity index (χ1v) is 9.34. The summed E-state index contributed by atoms with van der Waals surface area (Å²) in [5, 5.41) is 0.345. The molecular formula is C14H15ClN2O2S2. The van der Waals surface area contributed by atoms with Crippen LogP contribution in [-0.2, 0) is 15.8 Å². The van der Waals surface area contributed by atoms with E-state index in [1.54, 1.807) is 37.0 Å². The lowest BCUT2D eigenvalue weighted by molar-refractivity contribution is 0.593. The molecule has 7 heteroatoms. The van der Waals surface area contributed by atoms with Gasteiger partial charge in [-0.25, -0.2) is 13.4 Å². The monoisotopic (exact) mass is 342 g/mol. The Morgan fingerprint density at radius 2 is 2.05 bits per heavy atom. The summed E-state index contributed by atoms with van der Waals surface area (Å²) in [6.45, 7) is 0. The largest absolute Gasteiger partial charge is 0.273 e. The summed E-state index contributed by atoms with van der Waals surface area (Å²) in [5.41, 5.74) is 1.25. The van der Waals surface area contributed by atoms with E-state index in [1.165, 1.54) is 10.5 Å². The van der Waals surface area contributed by atoms with Crippen molar-refractivity contribution in [3.8, 4) is 0 Å². The molecule has 112 valence electrons. The van der Waals surface area contributed by atoms with Crippen molar-refractivity contribution in [2.45, 2.75) is 10.6 Å². The van der Waals surface area contributed by atoms with E-state index < -0.39 is 10.0 Å². The van der Waals surface area contributed by atoms with Crippen molar-refractivity contribution in [1.29, 1.82) is 0 Å². The normalized spacial score (nSPS) is 11.4. The van der Waals surface area contributed by atoms with Crippen molar-refractivity contribution in [3.63, 3.8) is 0 Å². The standard InChI is InChI=1S/C14H15ClN2O2S2/c1-17(12-4-3-5-13(8-12)20-2)21(18,19)10-11-6-7-14(15)16-9-11/h3-9H,10H2,1-2H3. The highest BCUT2D eigenvalue weighted by Gasteiger charge is 2.19. The number of sulfonamides is 1. The number of hydrogen-bond donors (Lipinski definition) is 0. The Hall–Kier alpha value is -1.24. The number of halogens is 1. The maximum absolute atomic E-state index is 12.4. The second-order valence-electron chi connectivity index (χ2n) is 4.41. The number of aromatic nitrogens is 1. The maximum Gasteiger partial charge on any atom is 0.239 e. The predicted octanol–water partition coefficient (Wildman–Crippen LogP) is 3.42. The van der Waals surface area contributed by atoms with Crippen LogP contribution in [0.15, 0.2) is 47.5 Å². The third-order valence-corrected chi connectivity index (χ3v) is 5.66. The highest BCUT2D eigenvalue weighted by atomic mass is 35.5. The zero-order valence-corrected chi connectivity index (χ0v) is 14.0. The Morgan fingerprint density at radius 1 is 1.29 bits per heavy atom. The first kappa shape index (κ1) is 16.1. The predicted molar refractivity (Wildman–Crippen MR) is 88.5 cm³/mol. The lowest BCUT2D eigenvalue weighted by atomic mass is 10.3. The first-order chi connectivity index (χ1) is 9.92. The molecule has 0 saturated heterocycles. The van der Waals surface area contributed by atoms with E-state index in [-0.39, 0.29) is 5.75 Å². The van der Waals surface area contributed by atoms with Crippen LogP contribution in [0.3, 0.4) is 0 Å². The van der Waals surface area contributed by atoms with Gasteiger partial charge in [-0.05, 0) is 36.1 Å². The van der Waals surface area contributed by atoms with Gasteiger partial charge in [0.2, 0.25) is 10.0 Å². The summed E-state index contributed by atoms with van der Waals surface area (Å²) in [6.07, 6.45) is 3.43. The molecule has 1 heterocycles. The van der Waals surface area contributed by atoms with Crippen LogP contribution in [0, 0.1) is 0 Å². The van der Waals surface area contributed by atoms with Gasteiger partial charge in [0.05, 0.1) is 11.4 Å². The topological polar surface area (TPSA) is 50.3 Å². The smallest absolute Gasteiger partial charge is 0.239 e. The molecule has 0 N–H and O–H groups in total. The van der Waals surface area contributed by atoms with Crippen molar-refractivity contribution in [2.24, 2.45) is 0 Å². The van der Waals surface area contributed by atoms with Gasteiger partial charge in [-0.3, -0.25) is 4.31 Å². The number of thioether (sulfide) groups is 1. The van der Waals surface area contributed by atoms with Crippen LogP contribution in [-0.4, -0.2) is 26.7 Å². The molecule has 0 aliphatic heterocycles. The third kappa shape index (κ3) is 4.12. The van der Waals surface area contributed by atoms with E-state index in [0.29, 0.717) is 16.4 Å². The Labute approximate surface area is 134 Å². The molecule has 1 aromatic carbocycles. The van der Waals surface area contributed by atoms with Crippen LogP contribution in [0.1, 0.15) is 5.56 Å². The molecule has 0 saturated carbocycles. The van der Waals surface area contributed by atoms with Crippen molar-refractivity contribution in [2.75, 3.05) is 17.6 Å². The quantitative estimate of drug-likeness (QED) is 0.617. The Bertz CT molecular complexity index is 718. The van der Waals surface area contributed by atoms with Gasteiger partial charge in [0.25, 0.3) is 0 Å². The van der Waals surface area contributed by atoms with Gasteiger partial charge in [0.1, 0.15) is 5.15 Å². The van der Waals surface area contributed by atoms with Gasteiger partial charge < -0.3 is 0 Å². The molecule has 0 radical (unpaired) electrons. The van der Waals surface area contributed by atoms with Crippen LogP contribution in [0.25, 0.3) is 0 Å².